The van der Waals surface area contributed by atoms with E-state index in [-0.39, 0.29) is 0 Å². The lowest BCUT2D eigenvalue weighted by molar-refractivity contribution is 0.0872. The minimum Gasteiger partial charge on any atom is -0.272 e. The van der Waals surface area contributed by atoms with Crippen LogP contribution in [0, 0.1) is 0 Å². The second-order valence-electron chi connectivity index (χ2n) is 2.94. The highest BCUT2D eigenvalue weighted by atomic mass is 16.6. The lowest BCUT2D eigenvalue weighted by Gasteiger charge is -2.04. The van der Waals surface area contributed by atoms with E-state index >= 15 is 0 Å². The molecule has 0 aromatic heterocycles. The highest BCUT2D eigenvalue weighted by Gasteiger charge is 1.88. The van der Waals surface area contributed by atoms with E-state index in [2.05, 4.69) is 12.1 Å². The molecule has 1 rings (SSSR count). The molecule has 2 nitrogen and oxygen atoms in total. The van der Waals surface area contributed by atoms with Crippen LogP contribution >= 0.6 is 0 Å². The maximum absolute atomic E-state index is 5.08. The van der Waals surface area contributed by atoms with Crippen LogP contribution in [0.25, 0.3) is 6.08 Å². The van der Waals surface area contributed by atoms with Gasteiger partial charge in [0, 0.05) is 5.70 Å². The van der Waals surface area contributed by atoms with Crippen LogP contribution in [0.3, 0.4) is 0 Å². The predicted molar refractivity (Wildman–Crippen MR) is 59.4 cm³/mol. The number of hydrogen-bond donors (Lipinski definition) is 1. The van der Waals surface area contributed by atoms with E-state index in [1.807, 2.05) is 43.3 Å². The van der Waals surface area contributed by atoms with Gasteiger partial charge in [0.15, 0.2) is 0 Å². The van der Waals surface area contributed by atoms with Crippen molar-refractivity contribution in [3.05, 3.63) is 54.2 Å². The first-order valence-electron chi connectivity index (χ1n) is 4.55. The minimum absolute atomic E-state index is 0.500. The van der Waals surface area contributed by atoms with Gasteiger partial charge in [-0.1, -0.05) is 36.4 Å². The second kappa shape index (κ2) is 6.00. The molecule has 0 saturated heterocycles. The average Bonchev–Trinajstić information content (AvgIpc) is 2.20. The normalized spacial score (nSPS) is 11.1. The van der Waals surface area contributed by atoms with Crippen molar-refractivity contribution in [1.29, 1.82) is 0 Å². The van der Waals surface area contributed by atoms with Crippen molar-refractivity contribution in [2.45, 2.75) is 6.92 Å². The van der Waals surface area contributed by atoms with Gasteiger partial charge in [-0.3, -0.25) is 10.3 Å². The fraction of sp³-hybridized carbons (Fsp3) is 0.167. The van der Waals surface area contributed by atoms with Gasteiger partial charge in [-0.25, -0.2) is 0 Å². The Bertz CT molecular complexity index is 303. The molecule has 0 spiro atoms. The SMILES string of the molecule is C=CCONC(C)=Cc1ccccc1. The first-order chi connectivity index (χ1) is 6.83. The van der Waals surface area contributed by atoms with Gasteiger partial charge in [0.25, 0.3) is 0 Å². The highest BCUT2D eigenvalue weighted by Crippen LogP contribution is 2.03. The van der Waals surface area contributed by atoms with Gasteiger partial charge in [-0.2, -0.15) is 0 Å². The predicted octanol–water partition coefficient (Wildman–Crippen LogP) is 2.75. The third-order valence-electron chi connectivity index (χ3n) is 1.62. The van der Waals surface area contributed by atoms with Crippen LogP contribution in [0.2, 0.25) is 0 Å². The third kappa shape index (κ3) is 3.92. The van der Waals surface area contributed by atoms with Gasteiger partial charge in [-0.15, -0.1) is 6.58 Å². The summed E-state index contributed by atoms with van der Waals surface area (Å²) in [5, 5.41) is 0. The maximum Gasteiger partial charge on any atom is 0.0924 e. The van der Waals surface area contributed by atoms with Crippen molar-refractivity contribution in [3.8, 4) is 0 Å². The Labute approximate surface area is 84.9 Å². The molecule has 0 aliphatic rings. The lowest BCUT2D eigenvalue weighted by atomic mass is 10.2. The fourth-order valence-corrected chi connectivity index (χ4v) is 1.04. The first-order valence-corrected chi connectivity index (χ1v) is 4.55. The van der Waals surface area contributed by atoms with Crippen LogP contribution in [-0.4, -0.2) is 6.61 Å². The topological polar surface area (TPSA) is 21.3 Å². The van der Waals surface area contributed by atoms with Gasteiger partial charge in [-0.05, 0) is 18.6 Å². The molecule has 0 atom stereocenters. The standard InChI is InChI=1S/C12H15NO/c1-3-9-14-13-11(2)10-12-7-5-4-6-8-12/h3-8,10,13H,1,9H2,2H3. The van der Waals surface area contributed by atoms with Crippen molar-refractivity contribution in [2.24, 2.45) is 0 Å². The van der Waals surface area contributed by atoms with Crippen molar-refractivity contribution in [1.82, 2.24) is 5.48 Å². The van der Waals surface area contributed by atoms with Crippen LogP contribution in [0.4, 0.5) is 0 Å². The zero-order valence-electron chi connectivity index (χ0n) is 8.36. The third-order valence-corrected chi connectivity index (χ3v) is 1.62. The van der Waals surface area contributed by atoms with Gasteiger partial charge in [0.2, 0.25) is 0 Å². The number of hydrogen-bond acceptors (Lipinski definition) is 2. The van der Waals surface area contributed by atoms with Gasteiger partial charge >= 0.3 is 0 Å². The molecule has 0 aliphatic heterocycles. The molecule has 2 heteroatoms. The van der Waals surface area contributed by atoms with Crippen molar-refractivity contribution in [2.75, 3.05) is 6.61 Å². The summed E-state index contributed by atoms with van der Waals surface area (Å²) in [7, 11) is 0. The molecule has 1 N–H and O–H groups in total. The largest absolute Gasteiger partial charge is 0.272 e. The molecule has 74 valence electrons. The second-order valence-corrected chi connectivity index (χ2v) is 2.94. The van der Waals surface area contributed by atoms with Gasteiger partial charge in [0.05, 0.1) is 6.61 Å². The molecule has 0 aliphatic carbocycles. The summed E-state index contributed by atoms with van der Waals surface area (Å²) in [4.78, 5) is 5.08. The van der Waals surface area contributed by atoms with Crippen molar-refractivity contribution in [3.63, 3.8) is 0 Å². The lowest BCUT2D eigenvalue weighted by Crippen LogP contribution is -2.11. The van der Waals surface area contributed by atoms with E-state index in [4.69, 9.17) is 4.84 Å². The molecule has 0 amide bonds. The molecule has 1 aromatic rings. The molecule has 0 heterocycles. The summed E-state index contributed by atoms with van der Waals surface area (Å²) >= 11 is 0. The van der Waals surface area contributed by atoms with Crippen molar-refractivity contribution >= 4 is 6.08 Å². The van der Waals surface area contributed by atoms with Crippen LogP contribution in [0.1, 0.15) is 12.5 Å². The van der Waals surface area contributed by atoms with Crippen LogP contribution in [0.5, 0.6) is 0 Å². The van der Waals surface area contributed by atoms with Crippen LogP contribution in [0.15, 0.2) is 48.7 Å². The highest BCUT2D eigenvalue weighted by molar-refractivity contribution is 5.51. The maximum atomic E-state index is 5.08. The summed E-state index contributed by atoms with van der Waals surface area (Å²) in [6, 6.07) is 10.1. The van der Waals surface area contributed by atoms with E-state index in [9.17, 15) is 0 Å². The number of hydroxylamine groups is 1. The Hall–Kier alpha value is -1.54. The zero-order valence-corrected chi connectivity index (χ0v) is 8.36. The molecule has 0 bridgehead atoms. The Balaban J connectivity index is 2.47. The molecule has 0 fully saturated rings. The number of allylic oxidation sites excluding steroid dienone is 1. The van der Waals surface area contributed by atoms with E-state index < -0.39 is 0 Å². The molecule has 14 heavy (non-hydrogen) atoms. The molecule has 0 unspecified atom stereocenters. The summed E-state index contributed by atoms with van der Waals surface area (Å²) < 4.78 is 0. The molecular weight excluding hydrogens is 174 g/mol. The number of benzene rings is 1. The van der Waals surface area contributed by atoms with E-state index in [1.54, 1.807) is 6.08 Å². The number of rotatable bonds is 5. The van der Waals surface area contributed by atoms with E-state index in [0.717, 1.165) is 11.3 Å². The summed E-state index contributed by atoms with van der Waals surface area (Å²) in [6.45, 7) is 6.01. The Morgan fingerprint density at radius 1 is 1.43 bits per heavy atom. The van der Waals surface area contributed by atoms with Gasteiger partial charge in [0.1, 0.15) is 0 Å². The fourth-order valence-electron chi connectivity index (χ4n) is 1.04. The molecule has 0 saturated carbocycles. The monoisotopic (exact) mass is 189 g/mol. The Morgan fingerprint density at radius 3 is 2.79 bits per heavy atom. The molecule has 1 aromatic carbocycles. The van der Waals surface area contributed by atoms with Crippen LogP contribution < -0.4 is 5.48 Å². The molecule has 0 radical (unpaired) electrons. The summed E-state index contributed by atoms with van der Waals surface area (Å²) in [6.07, 6.45) is 3.71. The summed E-state index contributed by atoms with van der Waals surface area (Å²) in [5.74, 6) is 0. The Kier molecular flexibility index (Phi) is 4.51. The number of nitrogens with one attached hydrogen (secondary N) is 1. The van der Waals surface area contributed by atoms with E-state index in [1.165, 1.54) is 0 Å². The zero-order chi connectivity index (χ0) is 10.2. The first kappa shape index (κ1) is 10.5. The van der Waals surface area contributed by atoms with Crippen LogP contribution in [-0.2, 0) is 4.84 Å². The quantitative estimate of drug-likeness (QED) is 0.437. The van der Waals surface area contributed by atoms with E-state index in [0.29, 0.717) is 6.61 Å². The average molecular weight is 189 g/mol. The summed E-state index contributed by atoms with van der Waals surface area (Å²) in [5.41, 5.74) is 4.94. The Morgan fingerprint density at radius 2 is 2.14 bits per heavy atom. The van der Waals surface area contributed by atoms with Crippen molar-refractivity contribution < 1.29 is 4.84 Å². The minimum atomic E-state index is 0.500. The molecular formula is C12H15NO. The van der Waals surface area contributed by atoms with Gasteiger partial charge < -0.3 is 0 Å². The smallest absolute Gasteiger partial charge is 0.0924 e.